The zero-order chi connectivity index (χ0) is 13.1. The van der Waals surface area contributed by atoms with Gasteiger partial charge in [-0.05, 0) is 56.5 Å². The molecule has 1 heterocycles. The Morgan fingerprint density at radius 2 is 1.89 bits per heavy atom. The van der Waals surface area contributed by atoms with E-state index in [1.807, 2.05) is 13.0 Å². The van der Waals surface area contributed by atoms with Crippen LogP contribution < -0.4 is 5.73 Å². The first-order valence-electron chi connectivity index (χ1n) is 6.08. The molecule has 0 saturated carbocycles. The van der Waals surface area contributed by atoms with Crippen molar-refractivity contribution in [2.75, 3.05) is 6.54 Å². The van der Waals surface area contributed by atoms with Crippen LogP contribution in [0.2, 0.25) is 10.0 Å². The summed E-state index contributed by atoms with van der Waals surface area (Å²) in [5, 5.41) is 2.30. The van der Waals surface area contributed by atoms with E-state index in [4.69, 9.17) is 28.9 Å². The fourth-order valence-corrected chi connectivity index (χ4v) is 2.60. The zero-order valence-electron chi connectivity index (χ0n) is 10.3. The van der Waals surface area contributed by atoms with Crippen LogP contribution >= 0.6 is 23.2 Å². The van der Waals surface area contributed by atoms with E-state index in [2.05, 4.69) is 11.1 Å². The Hall–Kier alpha value is -0.830. The minimum Gasteiger partial charge on any atom is -0.330 e. The lowest BCUT2D eigenvalue weighted by Crippen LogP contribution is -2.00. The summed E-state index contributed by atoms with van der Waals surface area (Å²) in [6, 6.07) is 5.69. The van der Waals surface area contributed by atoms with E-state index in [0.717, 1.165) is 48.0 Å². The Morgan fingerprint density at radius 3 is 2.61 bits per heavy atom. The van der Waals surface area contributed by atoms with Gasteiger partial charge < -0.3 is 5.73 Å². The van der Waals surface area contributed by atoms with Gasteiger partial charge in [-0.15, -0.1) is 0 Å². The monoisotopic (exact) mass is 282 g/mol. The summed E-state index contributed by atoms with van der Waals surface area (Å²) < 4.78 is 0. The molecule has 0 fully saturated rings. The molecule has 0 aliphatic rings. The second kappa shape index (κ2) is 5.87. The summed E-state index contributed by atoms with van der Waals surface area (Å²) in [6.45, 7) is 2.76. The van der Waals surface area contributed by atoms with Crippen LogP contribution in [0.1, 0.15) is 24.1 Å². The van der Waals surface area contributed by atoms with Gasteiger partial charge >= 0.3 is 0 Å². The van der Waals surface area contributed by atoms with Crippen LogP contribution in [0.4, 0.5) is 0 Å². The topological polar surface area (TPSA) is 38.9 Å². The van der Waals surface area contributed by atoms with Crippen LogP contribution in [-0.2, 0) is 6.42 Å². The predicted octanol–water partition coefficient (Wildman–Crippen LogP) is 4.13. The third-order valence-corrected chi connectivity index (χ3v) is 3.62. The first-order chi connectivity index (χ1) is 8.63. The molecule has 0 aliphatic heterocycles. The lowest BCUT2D eigenvalue weighted by molar-refractivity contribution is 0.734. The number of pyridine rings is 1. The molecule has 0 radical (unpaired) electrons. The Kier molecular flexibility index (Phi) is 4.44. The Morgan fingerprint density at radius 1 is 1.17 bits per heavy atom. The van der Waals surface area contributed by atoms with E-state index in [0.29, 0.717) is 10.0 Å². The van der Waals surface area contributed by atoms with Crippen molar-refractivity contribution in [1.82, 2.24) is 4.98 Å². The summed E-state index contributed by atoms with van der Waals surface area (Å²) in [6.07, 6.45) is 2.99. The third-order valence-electron chi connectivity index (χ3n) is 3.00. The Balaban J connectivity index is 2.45. The second-order valence-electron chi connectivity index (χ2n) is 4.43. The van der Waals surface area contributed by atoms with Crippen molar-refractivity contribution in [2.45, 2.75) is 26.2 Å². The van der Waals surface area contributed by atoms with Crippen LogP contribution in [0.25, 0.3) is 10.9 Å². The molecule has 0 spiro atoms. The largest absolute Gasteiger partial charge is 0.330 e. The number of fused-ring (bicyclic) bond motifs is 1. The van der Waals surface area contributed by atoms with E-state index in [1.165, 1.54) is 0 Å². The van der Waals surface area contributed by atoms with Crippen molar-refractivity contribution in [3.63, 3.8) is 0 Å². The van der Waals surface area contributed by atoms with Crippen molar-refractivity contribution < 1.29 is 0 Å². The minimum absolute atomic E-state index is 0.651. The molecule has 1 aromatic carbocycles. The third kappa shape index (κ3) is 2.77. The van der Waals surface area contributed by atoms with E-state index in [1.54, 1.807) is 6.07 Å². The van der Waals surface area contributed by atoms with E-state index in [9.17, 15) is 0 Å². The molecular weight excluding hydrogens is 267 g/mol. The van der Waals surface area contributed by atoms with Gasteiger partial charge in [-0.2, -0.15) is 0 Å². The number of nitrogens with two attached hydrogens (primary N) is 1. The van der Waals surface area contributed by atoms with Crippen molar-refractivity contribution in [3.05, 3.63) is 39.5 Å². The van der Waals surface area contributed by atoms with Gasteiger partial charge in [0.05, 0.1) is 15.6 Å². The molecule has 4 heteroatoms. The number of halogens is 2. The second-order valence-corrected chi connectivity index (χ2v) is 5.24. The average molecular weight is 283 g/mol. The van der Waals surface area contributed by atoms with E-state index < -0.39 is 0 Å². The van der Waals surface area contributed by atoms with Crippen LogP contribution in [0.15, 0.2) is 18.2 Å². The normalized spacial score (nSPS) is 11.1. The summed E-state index contributed by atoms with van der Waals surface area (Å²) in [5.41, 5.74) is 8.47. The van der Waals surface area contributed by atoms with Crippen LogP contribution in [0.3, 0.4) is 0 Å². The molecule has 2 nitrogen and oxygen atoms in total. The van der Waals surface area contributed by atoms with E-state index >= 15 is 0 Å². The number of hydrogen-bond acceptors (Lipinski definition) is 2. The van der Waals surface area contributed by atoms with Gasteiger partial charge in [-0.25, -0.2) is 0 Å². The van der Waals surface area contributed by atoms with Crippen molar-refractivity contribution >= 4 is 34.1 Å². The van der Waals surface area contributed by atoms with Crippen LogP contribution in [0.5, 0.6) is 0 Å². The molecule has 2 N–H and O–H groups in total. The fraction of sp³-hybridized carbons (Fsp3) is 0.357. The molecule has 0 unspecified atom stereocenters. The highest BCUT2D eigenvalue weighted by Crippen LogP contribution is 2.31. The molecule has 0 saturated heterocycles. The highest BCUT2D eigenvalue weighted by molar-refractivity contribution is 6.40. The molecule has 1 aromatic heterocycles. The maximum absolute atomic E-state index is 6.20. The first-order valence-corrected chi connectivity index (χ1v) is 6.83. The highest BCUT2D eigenvalue weighted by atomic mass is 35.5. The van der Waals surface area contributed by atoms with Gasteiger partial charge in [-0.3, -0.25) is 4.98 Å². The number of unbranched alkanes of at least 4 members (excludes halogenated alkanes) is 1. The predicted molar refractivity (Wildman–Crippen MR) is 78.5 cm³/mol. The summed E-state index contributed by atoms with van der Waals surface area (Å²) in [7, 11) is 0. The molecule has 18 heavy (non-hydrogen) atoms. The lowest BCUT2D eigenvalue weighted by atomic mass is 10.1. The van der Waals surface area contributed by atoms with Gasteiger partial charge in [0, 0.05) is 11.1 Å². The van der Waals surface area contributed by atoms with Crippen LogP contribution in [0, 0.1) is 6.92 Å². The number of hydrogen-bond donors (Lipinski definition) is 1. The van der Waals surface area contributed by atoms with Crippen LogP contribution in [-0.4, -0.2) is 11.5 Å². The summed E-state index contributed by atoms with van der Waals surface area (Å²) in [4.78, 5) is 4.61. The average Bonchev–Trinajstić information content (AvgIpc) is 2.34. The number of rotatable bonds is 4. The number of nitrogens with zero attached hydrogens (tertiary/aromatic N) is 1. The molecule has 2 aromatic rings. The quantitative estimate of drug-likeness (QED) is 0.857. The maximum Gasteiger partial charge on any atom is 0.0909 e. The van der Waals surface area contributed by atoms with Gasteiger partial charge in [0.2, 0.25) is 0 Å². The molecule has 0 aliphatic carbocycles. The maximum atomic E-state index is 6.20. The molecule has 0 atom stereocenters. The van der Waals surface area contributed by atoms with Gasteiger partial charge in [0.25, 0.3) is 0 Å². The SMILES string of the molecule is Cc1cc(CCCCN)nc2c(Cl)ccc(Cl)c12. The molecule has 0 bridgehead atoms. The molecule has 0 amide bonds. The zero-order valence-corrected chi connectivity index (χ0v) is 11.9. The minimum atomic E-state index is 0.651. The van der Waals surface area contributed by atoms with Gasteiger partial charge in [0.15, 0.2) is 0 Å². The van der Waals surface area contributed by atoms with Crippen molar-refractivity contribution in [2.24, 2.45) is 5.73 Å². The highest BCUT2D eigenvalue weighted by Gasteiger charge is 2.09. The molecular formula is C14H16Cl2N2. The Labute approximate surface area is 117 Å². The van der Waals surface area contributed by atoms with Crippen molar-refractivity contribution in [1.29, 1.82) is 0 Å². The number of aryl methyl sites for hydroxylation is 2. The lowest BCUT2D eigenvalue weighted by Gasteiger charge is -2.09. The number of benzene rings is 1. The Bertz CT molecular complexity index is 567. The molecule has 96 valence electrons. The smallest absolute Gasteiger partial charge is 0.0909 e. The first kappa shape index (κ1) is 13.6. The summed E-state index contributed by atoms with van der Waals surface area (Å²) in [5.74, 6) is 0. The van der Waals surface area contributed by atoms with Gasteiger partial charge in [0.1, 0.15) is 0 Å². The number of aromatic nitrogens is 1. The van der Waals surface area contributed by atoms with Gasteiger partial charge in [-0.1, -0.05) is 23.2 Å². The van der Waals surface area contributed by atoms with E-state index in [-0.39, 0.29) is 0 Å². The summed E-state index contributed by atoms with van der Waals surface area (Å²) >= 11 is 12.4. The standard InChI is InChI=1S/C14H16Cl2N2/c1-9-8-10(4-2-3-7-17)18-14-12(16)6-5-11(15)13(9)14/h5-6,8H,2-4,7,17H2,1H3. The fourth-order valence-electron chi connectivity index (χ4n) is 2.10. The molecule has 2 rings (SSSR count). The van der Waals surface area contributed by atoms with Crippen molar-refractivity contribution in [3.8, 4) is 0 Å².